The van der Waals surface area contributed by atoms with Gasteiger partial charge in [0.15, 0.2) is 0 Å². The number of carbonyl (C=O) groups excluding carboxylic acids is 3. The van der Waals surface area contributed by atoms with Gasteiger partial charge >= 0.3 is 0 Å². The molecule has 144 valence electrons. The van der Waals surface area contributed by atoms with E-state index in [9.17, 15) is 22.8 Å². The van der Waals surface area contributed by atoms with Crippen LogP contribution in [-0.2, 0) is 24.4 Å². The first-order chi connectivity index (χ1) is 12.7. The third-order valence-corrected chi connectivity index (χ3v) is 6.49. The van der Waals surface area contributed by atoms with Crippen molar-refractivity contribution in [1.29, 1.82) is 0 Å². The van der Waals surface area contributed by atoms with E-state index in [1.165, 1.54) is 13.1 Å². The molecule has 0 saturated carbocycles. The Morgan fingerprint density at radius 2 is 1.74 bits per heavy atom. The van der Waals surface area contributed by atoms with Gasteiger partial charge in [0.25, 0.3) is 0 Å². The summed E-state index contributed by atoms with van der Waals surface area (Å²) in [6.45, 7) is 1.26. The SMILES string of the molecule is CNS(=O)(=O)c1cc(NC(=O)CN2C(=O)[C@H]3CC=CC[C@H]3C2=O)ccc1C. The molecule has 1 fully saturated rings. The van der Waals surface area contributed by atoms with E-state index in [-0.39, 0.29) is 40.8 Å². The van der Waals surface area contributed by atoms with Gasteiger partial charge in [-0.25, -0.2) is 13.1 Å². The summed E-state index contributed by atoms with van der Waals surface area (Å²) in [5, 5.41) is 2.56. The van der Waals surface area contributed by atoms with Crippen LogP contribution in [0.3, 0.4) is 0 Å². The average Bonchev–Trinajstić information content (AvgIpc) is 2.88. The predicted octanol–water partition coefficient (Wildman–Crippen LogP) is 0.793. The van der Waals surface area contributed by atoms with Gasteiger partial charge in [-0.3, -0.25) is 19.3 Å². The maximum atomic E-state index is 12.4. The molecular weight excluding hydrogens is 370 g/mol. The summed E-state index contributed by atoms with van der Waals surface area (Å²) < 4.78 is 26.3. The Bertz CT molecular complexity index is 912. The van der Waals surface area contributed by atoms with Crippen molar-refractivity contribution in [3.63, 3.8) is 0 Å². The minimum atomic E-state index is -3.67. The van der Waals surface area contributed by atoms with Crippen molar-refractivity contribution in [3.8, 4) is 0 Å². The molecule has 1 aliphatic heterocycles. The normalized spacial score (nSPS) is 22.1. The van der Waals surface area contributed by atoms with Crippen molar-refractivity contribution in [2.24, 2.45) is 11.8 Å². The van der Waals surface area contributed by atoms with Crippen LogP contribution in [0.15, 0.2) is 35.2 Å². The number of fused-ring (bicyclic) bond motifs is 1. The number of carbonyl (C=O) groups is 3. The van der Waals surface area contributed by atoms with Gasteiger partial charge in [-0.05, 0) is 44.5 Å². The number of sulfonamides is 1. The number of hydrogen-bond donors (Lipinski definition) is 2. The fraction of sp³-hybridized carbons (Fsp3) is 0.389. The van der Waals surface area contributed by atoms with Crippen molar-refractivity contribution < 1.29 is 22.8 Å². The molecule has 8 nitrogen and oxygen atoms in total. The van der Waals surface area contributed by atoms with E-state index >= 15 is 0 Å². The minimum Gasteiger partial charge on any atom is -0.324 e. The number of nitrogens with one attached hydrogen (secondary N) is 2. The molecule has 3 rings (SSSR count). The van der Waals surface area contributed by atoms with Gasteiger partial charge < -0.3 is 5.32 Å². The molecule has 0 bridgehead atoms. The Hall–Kier alpha value is -2.52. The minimum absolute atomic E-state index is 0.0493. The van der Waals surface area contributed by atoms with Crippen LogP contribution in [0.2, 0.25) is 0 Å². The first-order valence-corrected chi connectivity index (χ1v) is 10.1. The quantitative estimate of drug-likeness (QED) is 0.569. The molecule has 2 aliphatic rings. The van der Waals surface area contributed by atoms with Crippen LogP contribution in [0.1, 0.15) is 18.4 Å². The zero-order valence-electron chi connectivity index (χ0n) is 15.1. The van der Waals surface area contributed by atoms with Gasteiger partial charge in [0.1, 0.15) is 6.54 Å². The first kappa shape index (κ1) is 19.2. The van der Waals surface area contributed by atoms with E-state index in [1.807, 2.05) is 12.2 Å². The van der Waals surface area contributed by atoms with E-state index in [2.05, 4.69) is 10.0 Å². The fourth-order valence-corrected chi connectivity index (χ4v) is 4.44. The summed E-state index contributed by atoms with van der Waals surface area (Å²) in [4.78, 5) is 38.2. The number of anilines is 1. The number of imide groups is 1. The molecule has 27 heavy (non-hydrogen) atoms. The van der Waals surface area contributed by atoms with Crippen molar-refractivity contribution in [2.75, 3.05) is 18.9 Å². The topological polar surface area (TPSA) is 113 Å². The van der Waals surface area contributed by atoms with Gasteiger partial charge in [0.2, 0.25) is 27.7 Å². The van der Waals surface area contributed by atoms with Crippen molar-refractivity contribution in [1.82, 2.24) is 9.62 Å². The van der Waals surface area contributed by atoms with Crippen LogP contribution >= 0.6 is 0 Å². The number of allylic oxidation sites excluding steroid dienone is 2. The second-order valence-electron chi connectivity index (χ2n) is 6.65. The zero-order valence-corrected chi connectivity index (χ0v) is 15.9. The molecule has 0 unspecified atom stereocenters. The number of aryl methyl sites for hydroxylation is 1. The Morgan fingerprint density at radius 1 is 1.15 bits per heavy atom. The molecule has 3 amide bonds. The van der Waals surface area contributed by atoms with E-state index in [0.717, 1.165) is 4.90 Å². The van der Waals surface area contributed by atoms with Crippen molar-refractivity contribution in [2.45, 2.75) is 24.7 Å². The maximum Gasteiger partial charge on any atom is 0.244 e. The second kappa shape index (κ2) is 7.24. The molecule has 1 aromatic carbocycles. The number of likely N-dealkylation sites (tertiary alicyclic amines) is 1. The molecule has 0 aromatic heterocycles. The lowest BCUT2D eigenvalue weighted by Gasteiger charge is -2.15. The van der Waals surface area contributed by atoms with Crippen LogP contribution in [0.5, 0.6) is 0 Å². The molecule has 0 spiro atoms. The molecular formula is C18H21N3O5S. The van der Waals surface area contributed by atoms with E-state index in [4.69, 9.17) is 0 Å². The fourth-order valence-electron chi connectivity index (χ4n) is 3.45. The third-order valence-electron chi connectivity index (χ3n) is 4.93. The molecule has 0 radical (unpaired) electrons. The van der Waals surface area contributed by atoms with Gasteiger partial charge in [-0.2, -0.15) is 0 Å². The van der Waals surface area contributed by atoms with E-state index in [0.29, 0.717) is 18.4 Å². The number of benzene rings is 1. The standard InChI is InChI=1S/C18H21N3O5S/c1-11-7-8-12(9-15(11)27(25,26)19-2)20-16(22)10-21-17(23)13-5-3-4-6-14(13)18(21)24/h3-4,7-9,13-14,19H,5-6,10H2,1-2H3,(H,20,22)/t13-,14+. The van der Waals surface area contributed by atoms with Crippen LogP contribution in [0, 0.1) is 18.8 Å². The second-order valence-corrected chi connectivity index (χ2v) is 8.51. The number of amides is 3. The van der Waals surface area contributed by atoms with Gasteiger partial charge in [0.05, 0.1) is 16.7 Å². The predicted molar refractivity (Wildman–Crippen MR) is 98.1 cm³/mol. The lowest BCUT2D eigenvalue weighted by molar-refractivity contribution is -0.142. The summed E-state index contributed by atoms with van der Waals surface area (Å²) in [5.74, 6) is -1.98. The lowest BCUT2D eigenvalue weighted by Crippen LogP contribution is -2.38. The number of rotatable bonds is 5. The molecule has 1 aromatic rings. The number of hydrogen-bond acceptors (Lipinski definition) is 5. The molecule has 1 heterocycles. The van der Waals surface area contributed by atoms with Gasteiger partial charge in [-0.15, -0.1) is 0 Å². The van der Waals surface area contributed by atoms with E-state index in [1.54, 1.807) is 19.1 Å². The third kappa shape index (κ3) is 3.65. The van der Waals surface area contributed by atoms with Crippen LogP contribution < -0.4 is 10.0 Å². The van der Waals surface area contributed by atoms with Crippen molar-refractivity contribution >= 4 is 33.4 Å². The Labute approximate surface area is 157 Å². The van der Waals surface area contributed by atoms with Gasteiger partial charge in [0, 0.05) is 5.69 Å². The Kier molecular flexibility index (Phi) is 5.16. The monoisotopic (exact) mass is 391 g/mol. The summed E-state index contributed by atoms with van der Waals surface area (Å²) in [7, 11) is -2.36. The highest BCUT2D eigenvalue weighted by atomic mass is 32.2. The van der Waals surface area contributed by atoms with Crippen LogP contribution in [-0.4, -0.2) is 44.6 Å². The van der Waals surface area contributed by atoms with Crippen LogP contribution in [0.4, 0.5) is 5.69 Å². The maximum absolute atomic E-state index is 12.4. The average molecular weight is 391 g/mol. The largest absolute Gasteiger partial charge is 0.324 e. The molecule has 1 aliphatic carbocycles. The summed E-state index contributed by atoms with van der Waals surface area (Å²) in [6.07, 6.45) is 4.78. The zero-order chi connectivity index (χ0) is 19.8. The lowest BCUT2D eigenvalue weighted by atomic mass is 9.85. The first-order valence-electron chi connectivity index (χ1n) is 8.59. The highest BCUT2D eigenvalue weighted by Gasteiger charge is 2.47. The Morgan fingerprint density at radius 3 is 2.30 bits per heavy atom. The smallest absolute Gasteiger partial charge is 0.244 e. The molecule has 2 N–H and O–H groups in total. The summed E-state index contributed by atoms with van der Waals surface area (Å²) in [5.41, 5.74) is 0.807. The van der Waals surface area contributed by atoms with Crippen molar-refractivity contribution in [3.05, 3.63) is 35.9 Å². The molecule has 1 saturated heterocycles. The van der Waals surface area contributed by atoms with Crippen LogP contribution in [0.25, 0.3) is 0 Å². The highest BCUT2D eigenvalue weighted by molar-refractivity contribution is 7.89. The van der Waals surface area contributed by atoms with Gasteiger partial charge in [-0.1, -0.05) is 18.2 Å². The summed E-state index contributed by atoms with van der Waals surface area (Å²) >= 11 is 0. The highest BCUT2D eigenvalue weighted by Crippen LogP contribution is 2.34. The Balaban J connectivity index is 1.73. The number of nitrogens with zero attached hydrogens (tertiary/aromatic N) is 1. The molecule has 9 heteroatoms. The molecule has 2 atom stereocenters. The summed E-state index contributed by atoms with van der Waals surface area (Å²) in [6, 6.07) is 4.49. The van der Waals surface area contributed by atoms with E-state index < -0.39 is 15.9 Å².